The molecule has 6 heteroatoms. The van der Waals surface area contributed by atoms with Gasteiger partial charge in [0.2, 0.25) is 0 Å². The molecule has 0 N–H and O–H groups in total. The summed E-state index contributed by atoms with van der Waals surface area (Å²) in [5, 5.41) is 4.22. The predicted octanol–water partition coefficient (Wildman–Crippen LogP) is 7.61. The first-order chi connectivity index (χ1) is 10.9. The highest BCUT2D eigenvalue weighted by Crippen LogP contribution is 2.39. The van der Waals surface area contributed by atoms with E-state index in [0.717, 1.165) is 32.1 Å². The lowest BCUT2D eigenvalue weighted by Gasteiger charge is -2.31. The van der Waals surface area contributed by atoms with Crippen LogP contribution in [0.3, 0.4) is 0 Å². The number of aromatic nitrogens is 2. The largest absolute Gasteiger partial charge is 0.283 e. The van der Waals surface area contributed by atoms with Crippen molar-refractivity contribution in [3.63, 3.8) is 0 Å². The average Bonchev–Trinajstić information content (AvgIpc) is 2.82. The molecule has 134 valence electrons. The van der Waals surface area contributed by atoms with Crippen LogP contribution in [0.2, 0.25) is 0 Å². The van der Waals surface area contributed by atoms with E-state index in [-0.39, 0.29) is 11.2 Å². The molecule has 0 fully saturated rings. The van der Waals surface area contributed by atoms with Gasteiger partial charge in [0.1, 0.15) is 10.3 Å². The third-order valence-corrected chi connectivity index (χ3v) is 6.45. The van der Waals surface area contributed by atoms with E-state index < -0.39 is 6.43 Å². The molecule has 0 aromatic carbocycles. The highest BCUT2D eigenvalue weighted by atomic mass is 79.9. The highest BCUT2D eigenvalue weighted by Gasteiger charge is 2.32. The molecule has 0 spiro atoms. The lowest BCUT2D eigenvalue weighted by atomic mass is 9.89. The SMILES string of the molecule is CCCCCCCC(C)(CCCC)n1nc(C(F)F)c(Br)c1Br. The van der Waals surface area contributed by atoms with Crippen LogP contribution < -0.4 is 0 Å². The smallest absolute Gasteiger partial charge is 0.251 e. The van der Waals surface area contributed by atoms with E-state index in [1.165, 1.54) is 25.7 Å². The Bertz CT molecular complexity index is 477. The summed E-state index contributed by atoms with van der Waals surface area (Å²) in [5.41, 5.74) is -0.401. The number of hydrogen-bond donors (Lipinski definition) is 0. The van der Waals surface area contributed by atoms with Gasteiger partial charge in [-0.2, -0.15) is 5.10 Å². The second-order valence-corrected chi connectivity index (χ2v) is 8.01. The van der Waals surface area contributed by atoms with Crippen LogP contribution in [-0.2, 0) is 5.54 Å². The molecular formula is C17H28Br2F2N2. The van der Waals surface area contributed by atoms with Crippen molar-refractivity contribution in [2.45, 2.75) is 90.5 Å². The number of unbranched alkanes of at least 4 members (excludes halogenated alkanes) is 5. The highest BCUT2D eigenvalue weighted by molar-refractivity contribution is 9.13. The summed E-state index contributed by atoms with van der Waals surface area (Å²) in [4.78, 5) is 0. The molecule has 2 nitrogen and oxygen atoms in total. The first-order valence-electron chi connectivity index (χ1n) is 8.60. The Kier molecular flexibility index (Phi) is 9.27. The first-order valence-corrected chi connectivity index (χ1v) is 10.2. The number of rotatable bonds is 11. The summed E-state index contributed by atoms with van der Waals surface area (Å²) >= 11 is 6.71. The van der Waals surface area contributed by atoms with Crippen LogP contribution in [0.1, 0.15) is 90.7 Å². The Morgan fingerprint density at radius 3 is 2.09 bits per heavy atom. The van der Waals surface area contributed by atoms with Crippen molar-refractivity contribution in [3.8, 4) is 0 Å². The zero-order valence-corrected chi connectivity index (χ0v) is 17.5. The molecular weight excluding hydrogens is 430 g/mol. The molecule has 1 aromatic heterocycles. The molecule has 1 unspecified atom stereocenters. The molecule has 0 saturated carbocycles. The maximum atomic E-state index is 13.1. The quantitative estimate of drug-likeness (QED) is 0.312. The zero-order valence-electron chi connectivity index (χ0n) is 14.3. The van der Waals surface area contributed by atoms with Crippen molar-refractivity contribution in [2.24, 2.45) is 0 Å². The van der Waals surface area contributed by atoms with Crippen molar-refractivity contribution in [1.82, 2.24) is 9.78 Å². The van der Waals surface area contributed by atoms with E-state index >= 15 is 0 Å². The minimum Gasteiger partial charge on any atom is -0.251 e. The van der Waals surface area contributed by atoms with E-state index in [1.54, 1.807) is 4.68 Å². The minimum atomic E-state index is -2.57. The molecule has 1 heterocycles. The van der Waals surface area contributed by atoms with Gasteiger partial charge in [-0.1, -0.05) is 58.8 Å². The van der Waals surface area contributed by atoms with Crippen molar-refractivity contribution >= 4 is 31.9 Å². The van der Waals surface area contributed by atoms with Gasteiger partial charge in [-0.3, -0.25) is 4.68 Å². The topological polar surface area (TPSA) is 17.8 Å². The van der Waals surface area contributed by atoms with Gasteiger partial charge >= 0.3 is 0 Å². The van der Waals surface area contributed by atoms with Gasteiger partial charge in [0, 0.05) is 0 Å². The van der Waals surface area contributed by atoms with Gasteiger partial charge in [0.05, 0.1) is 10.0 Å². The van der Waals surface area contributed by atoms with Crippen LogP contribution in [0.4, 0.5) is 8.78 Å². The monoisotopic (exact) mass is 456 g/mol. The number of alkyl halides is 2. The van der Waals surface area contributed by atoms with Gasteiger partial charge in [0.25, 0.3) is 6.43 Å². The molecule has 1 atom stereocenters. The van der Waals surface area contributed by atoms with Gasteiger partial charge in [-0.15, -0.1) is 0 Å². The lowest BCUT2D eigenvalue weighted by Crippen LogP contribution is -2.31. The Balaban J connectivity index is 2.93. The van der Waals surface area contributed by atoms with Crippen LogP contribution in [0.25, 0.3) is 0 Å². The summed E-state index contributed by atoms with van der Waals surface area (Å²) in [7, 11) is 0. The molecule has 0 bridgehead atoms. The lowest BCUT2D eigenvalue weighted by molar-refractivity contribution is 0.140. The van der Waals surface area contributed by atoms with E-state index in [2.05, 4.69) is 57.7 Å². The third-order valence-electron chi connectivity index (χ3n) is 4.41. The summed E-state index contributed by atoms with van der Waals surface area (Å²) in [6.07, 6.45) is 7.53. The third kappa shape index (κ3) is 5.80. The van der Waals surface area contributed by atoms with Crippen molar-refractivity contribution in [3.05, 3.63) is 14.8 Å². The van der Waals surface area contributed by atoms with Crippen molar-refractivity contribution in [2.75, 3.05) is 0 Å². The fourth-order valence-electron chi connectivity index (χ4n) is 2.90. The fourth-order valence-corrected chi connectivity index (χ4v) is 4.03. The van der Waals surface area contributed by atoms with Crippen LogP contribution in [0.15, 0.2) is 9.08 Å². The number of halogens is 4. The molecule has 0 amide bonds. The van der Waals surface area contributed by atoms with Crippen LogP contribution in [0.5, 0.6) is 0 Å². The number of hydrogen-bond acceptors (Lipinski definition) is 1. The Morgan fingerprint density at radius 1 is 1.00 bits per heavy atom. The summed E-state index contributed by atoms with van der Waals surface area (Å²) < 4.78 is 29.0. The number of nitrogens with zero attached hydrogens (tertiary/aromatic N) is 2. The molecule has 1 rings (SSSR count). The maximum Gasteiger partial charge on any atom is 0.283 e. The first kappa shape index (κ1) is 21.1. The molecule has 0 aliphatic carbocycles. The molecule has 1 aromatic rings. The van der Waals surface area contributed by atoms with Gasteiger partial charge in [-0.05, 0) is 51.6 Å². The molecule has 23 heavy (non-hydrogen) atoms. The second kappa shape index (κ2) is 10.1. The average molecular weight is 458 g/mol. The Labute approximate surface area is 155 Å². The Hall–Kier alpha value is 0.0300. The standard InChI is InChI=1S/C17H28Br2F2N2/c1-4-6-8-9-10-12-17(3,11-7-5-2)23-15(19)13(18)14(22-23)16(20)21/h16H,4-12H2,1-3H3. The Morgan fingerprint density at radius 2 is 1.57 bits per heavy atom. The summed E-state index contributed by atoms with van der Waals surface area (Å²) in [5.74, 6) is 0. The van der Waals surface area contributed by atoms with Crippen molar-refractivity contribution in [1.29, 1.82) is 0 Å². The molecule has 0 aliphatic heterocycles. The van der Waals surface area contributed by atoms with Crippen molar-refractivity contribution < 1.29 is 8.78 Å². The zero-order chi connectivity index (χ0) is 17.5. The molecule has 0 aliphatic rings. The fraction of sp³-hybridized carbons (Fsp3) is 0.824. The van der Waals surface area contributed by atoms with E-state index in [1.807, 2.05) is 0 Å². The normalized spacial score (nSPS) is 14.4. The maximum absolute atomic E-state index is 13.1. The van der Waals surface area contributed by atoms with Crippen LogP contribution in [0, 0.1) is 0 Å². The van der Waals surface area contributed by atoms with Gasteiger partial charge in [0.15, 0.2) is 0 Å². The van der Waals surface area contributed by atoms with E-state index in [9.17, 15) is 8.78 Å². The second-order valence-electron chi connectivity index (χ2n) is 6.47. The van der Waals surface area contributed by atoms with E-state index in [4.69, 9.17) is 0 Å². The van der Waals surface area contributed by atoms with Gasteiger partial charge in [-0.25, -0.2) is 8.78 Å². The van der Waals surface area contributed by atoms with Crippen LogP contribution >= 0.6 is 31.9 Å². The molecule has 0 saturated heterocycles. The predicted molar refractivity (Wildman–Crippen MR) is 99.1 cm³/mol. The van der Waals surface area contributed by atoms with E-state index in [0.29, 0.717) is 9.08 Å². The van der Waals surface area contributed by atoms with Crippen LogP contribution in [-0.4, -0.2) is 9.78 Å². The minimum absolute atomic E-state index is 0.175. The molecule has 0 radical (unpaired) electrons. The summed E-state index contributed by atoms with van der Waals surface area (Å²) in [6, 6.07) is 0. The van der Waals surface area contributed by atoms with Gasteiger partial charge < -0.3 is 0 Å². The summed E-state index contributed by atoms with van der Waals surface area (Å²) in [6.45, 7) is 6.50.